The largest absolute Gasteiger partial charge is 0.462 e. The molecule has 6 heteroatoms. The quantitative estimate of drug-likeness (QED) is 0.489. The number of thiocarbonyl (C=S) groups is 1. The summed E-state index contributed by atoms with van der Waals surface area (Å²) in [5.41, 5.74) is 2.03. The summed E-state index contributed by atoms with van der Waals surface area (Å²) in [5.74, 6) is -0.708. The molecule has 0 unspecified atom stereocenters. The lowest BCUT2D eigenvalue weighted by molar-refractivity contribution is -0.115. The molecule has 2 aromatic rings. The Hall–Kier alpha value is -2.99. The van der Waals surface area contributed by atoms with Crippen molar-refractivity contribution >= 4 is 41.0 Å². The van der Waals surface area contributed by atoms with E-state index in [0.29, 0.717) is 17.9 Å². The SMILES string of the molecule is CCOC(=O)c1ccc(NC(=S)NC(=O)/C=C\c2ccccc2)cc1. The molecule has 0 radical (unpaired) electrons. The maximum atomic E-state index is 11.8. The maximum absolute atomic E-state index is 11.8. The molecule has 0 saturated heterocycles. The van der Waals surface area contributed by atoms with Crippen LogP contribution in [-0.2, 0) is 9.53 Å². The second kappa shape index (κ2) is 9.34. The summed E-state index contributed by atoms with van der Waals surface area (Å²) in [6, 6.07) is 16.1. The van der Waals surface area contributed by atoms with Crippen molar-refractivity contribution in [1.82, 2.24) is 5.32 Å². The van der Waals surface area contributed by atoms with Crippen LogP contribution in [0, 0.1) is 0 Å². The number of ether oxygens (including phenoxy) is 1. The van der Waals surface area contributed by atoms with E-state index in [9.17, 15) is 9.59 Å². The fourth-order valence-electron chi connectivity index (χ4n) is 1.96. The Morgan fingerprint density at radius 1 is 1.08 bits per heavy atom. The number of carbonyl (C=O) groups is 2. The van der Waals surface area contributed by atoms with Crippen LogP contribution in [0.2, 0.25) is 0 Å². The number of esters is 1. The van der Waals surface area contributed by atoms with E-state index in [2.05, 4.69) is 10.6 Å². The molecule has 0 bridgehead atoms. The topological polar surface area (TPSA) is 67.4 Å². The van der Waals surface area contributed by atoms with Gasteiger partial charge >= 0.3 is 5.97 Å². The van der Waals surface area contributed by atoms with E-state index in [-0.39, 0.29) is 17.0 Å². The molecule has 2 N–H and O–H groups in total. The van der Waals surface area contributed by atoms with Gasteiger partial charge in [-0.05, 0) is 55.0 Å². The molecule has 1 amide bonds. The first-order chi connectivity index (χ1) is 12.1. The van der Waals surface area contributed by atoms with Gasteiger partial charge < -0.3 is 10.1 Å². The number of hydrogen-bond acceptors (Lipinski definition) is 4. The second-order valence-electron chi connectivity index (χ2n) is 4.99. The third-order valence-electron chi connectivity index (χ3n) is 3.12. The fourth-order valence-corrected chi connectivity index (χ4v) is 2.17. The Balaban J connectivity index is 1.86. The predicted molar refractivity (Wildman–Crippen MR) is 102 cm³/mol. The van der Waals surface area contributed by atoms with Gasteiger partial charge in [-0.2, -0.15) is 0 Å². The summed E-state index contributed by atoms with van der Waals surface area (Å²) in [4.78, 5) is 23.4. The summed E-state index contributed by atoms with van der Waals surface area (Å²) >= 11 is 5.10. The third kappa shape index (κ3) is 6.19. The highest BCUT2D eigenvalue weighted by molar-refractivity contribution is 7.80. The molecule has 5 nitrogen and oxygen atoms in total. The Morgan fingerprint density at radius 2 is 1.76 bits per heavy atom. The van der Waals surface area contributed by atoms with Crippen molar-refractivity contribution in [2.24, 2.45) is 0 Å². The van der Waals surface area contributed by atoms with Crippen molar-refractivity contribution < 1.29 is 14.3 Å². The van der Waals surface area contributed by atoms with Crippen LogP contribution in [0.5, 0.6) is 0 Å². The lowest BCUT2D eigenvalue weighted by Crippen LogP contribution is -2.32. The van der Waals surface area contributed by atoms with Gasteiger partial charge in [0.25, 0.3) is 0 Å². The minimum absolute atomic E-state index is 0.173. The molecule has 0 aromatic heterocycles. The molecule has 0 saturated carbocycles. The minimum Gasteiger partial charge on any atom is -0.462 e. The number of rotatable bonds is 5. The Labute approximate surface area is 151 Å². The highest BCUT2D eigenvalue weighted by Gasteiger charge is 2.06. The number of nitrogens with one attached hydrogen (secondary N) is 2. The maximum Gasteiger partial charge on any atom is 0.338 e. The van der Waals surface area contributed by atoms with Gasteiger partial charge in [0.15, 0.2) is 5.11 Å². The number of carbonyl (C=O) groups excluding carboxylic acids is 2. The molecule has 0 heterocycles. The van der Waals surface area contributed by atoms with Gasteiger partial charge in [0.05, 0.1) is 12.2 Å². The van der Waals surface area contributed by atoms with Crippen LogP contribution in [0.3, 0.4) is 0 Å². The second-order valence-corrected chi connectivity index (χ2v) is 5.39. The third-order valence-corrected chi connectivity index (χ3v) is 3.32. The predicted octanol–water partition coefficient (Wildman–Crippen LogP) is 3.39. The first kappa shape index (κ1) is 18.4. The summed E-state index contributed by atoms with van der Waals surface area (Å²) in [5, 5.41) is 5.61. The number of hydrogen-bond donors (Lipinski definition) is 2. The monoisotopic (exact) mass is 354 g/mol. The van der Waals surface area contributed by atoms with E-state index in [0.717, 1.165) is 5.56 Å². The van der Waals surface area contributed by atoms with Gasteiger partial charge in [0, 0.05) is 11.8 Å². The van der Waals surface area contributed by atoms with Crippen LogP contribution in [0.25, 0.3) is 6.08 Å². The summed E-state index contributed by atoms with van der Waals surface area (Å²) in [6.45, 7) is 2.08. The average Bonchev–Trinajstić information content (AvgIpc) is 2.61. The molecule has 0 atom stereocenters. The number of amides is 1. The smallest absolute Gasteiger partial charge is 0.338 e. The Bertz CT molecular complexity index is 771. The Morgan fingerprint density at radius 3 is 2.40 bits per heavy atom. The molecule has 2 aromatic carbocycles. The first-order valence-corrected chi connectivity index (χ1v) is 8.11. The Kier molecular flexibility index (Phi) is 6.86. The molecule has 0 aliphatic carbocycles. The first-order valence-electron chi connectivity index (χ1n) is 7.71. The van der Waals surface area contributed by atoms with Crippen molar-refractivity contribution in [1.29, 1.82) is 0 Å². The van der Waals surface area contributed by atoms with Gasteiger partial charge in [-0.25, -0.2) is 4.79 Å². The van der Waals surface area contributed by atoms with Crippen molar-refractivity contribution in [3.8, 4) is 0 Å². The average molecular weight is 354 g/mol. The van der Waals surface area contributed by atoms with Gasteiger partial charge in [0.1, 0.15) is 0 Å². The van der Waals surface area contributed by atoms with E-state index >= 15 is 0 Å². The van der Waals surface area contributed by atoms with E-state index in [1.807, 2.05) is 30.3 Å². The molecule has 2 rings (SSSR count). The zero-order valence-electron chi connectivity index (χ0n) is 13.7. The van der Waals surface area contributed by atoms with Crippen LogP contribution >= 0.6 is 12.2 Å². The van der Waals surface area contributed by atoms with E-state index in [4.69, 9.17) is 17.0 Å². The van der Waals surface area contributed by atoms with Gasteiger partial charge in [-0.1, -0.05) is 30.3 Å². The molecule has 0 aliphatic heterocycles. The van der Waals surface area contributed by atoms with Crippen LogP contribution in [0.1, 0.15) is 22.8 Å². The van der Waals surface area contributed by atoms with Crippen LogP contribution in [0.4, 0.5) is 5.69 Å². The lowest BCUT2D eigenvalue weighted by Gasteiger charge is -2.08. The highest BCUT2D eigenvalue weighted by Crippen LogP contribution is 2.10. The summed E-state index contributed by atoms with van der Waals surface area (Å²) < 4.78 is 4.92. The van der Waals surface area contributed by atoms with Gasteiger partial charge in [-0.15, -0.1) is 0 Å². The summed E-state index contributed by atoms with van der Waals surface area (Å²) in [6.07, 6.45) is 3.11. The summed E-state index contributed by atoms with van der Waals surface area (Å²) in [7, 11) is 0. The zero-order chi connectivity index (χ0) is 18.1. The standard InChI is InChI=1S/C19H18N2O3S/c1-2-24-18(23)15-9-11-16(12-10-15)20-19(25)21-17(22)13-8-14-6-4-3-5-7-14/h3-13H,2H2,1H3,(H2,20,21,22,25)/b13-8-. The molecular weight excluding hydrogens is 336 g/mol. The molecule has 128 valence electrons. The lowest BCUT2D eigenvalue weighted by atomic mass is 10.2. The molecule has 0 spiro atoms. The van der Waals surface area contributed by atoms with Crippen molar-refractivity contribution in [2.75, 3.05) is 11.9 Å². The van der Waals surface area contributed by atoms with Crippen molar-refractivity contribution in [2.45, 2.75) is 6.92 Å². The van der Waals surface area contributed by atoms with Crippen molar-refractivity contribution in [3.63, 3.8) is 0 Å². The fraction of sp³-hybridized carbons (Fsp3) is 0.105. The number of anilines is 1. The highest BCUT2D eigenvalue weighted by atomic mass is 32.1. The molecular formula is C19H18N2O3S. The van der Waals surface area contributed by atoms with Crippen LogP contribution in [0.15, 0.2) is 60.7 Å². The van der Waals surface area contributed by atoms with Crippen molar-refractivity contribution in [3.05, 3.63) is 71.8 Å². The number of benzene rings is 2. The van der Waals surface area contributed by atoms with Gasteiger partial charge in [0.2, 0.25) is 5.91 Å². The van der Waals surface area contributed by atoms with E-state index in [1.165, 1.54) is 6.08 Å². The molecule has 0 aliphatic rings. The molecule has 0 fully saturated rings. The molecule has 25 heavy (non-hydrogen) atoms. The van der Waals surface area contributed by atoms with Crippen LogP contribution in [-0.4, -0.2) is 23.6 Å². The normalized spacial score (nSPS) is 10.3. The van der Waals surface area contributed by atoms with E-state index in [1.54, 1.807) is 37.3 Å². The minimum atomic E-state index is -0.379. The van der Waals surface area contributed by atoms with Crippen LogP contribution < -0.4 is 10.6 Å². The van der Waals surface area contributed by atoms with Gasteiger partial charge in [-0.3, -0.25) is 10.1 Å². The zero-order valence-corrected chi connectivity index (χ0v) is 14.5. The van der Waals surface area contributed by atoms with E-state index < -0.39 is 0 Å².